The van der Waals surface area contributed by atoms with E-state index < -0.39 is 0 Å². The summed E-state index contributed by atoms with van der Waals surface area (Å²) < 4.78 is 0. The van der Waals surface area contributed by atoms with Crippen molar-refractivity contribution in [3.8, 4) is 44.5 Å². The molecule has 12 aromatic rings. The van der Waals surface area contributed by atoms with E-state index in [9.17, 15) is 0 Å². The second kappa shape index (κ2) is 12.0. The number of hydrogen-bond donors (Lipinski definition) is 0. The smallest absolute Gasteiger partial charge is 0.190 e. The lowest BCUT2D eigenvalue weighted by molar-refractivity contribution is 1.48. The lowest BCUT2D eigenvalue weighted by Gasteiger charge is -2.19. The van der Waals surface area contributed by atoms with Gasteiger partial charge < -0.3 is 0 Å². The third-order valence-corrected chi connectivity index (χ3v) is 12.5. The van der Waals surface area contributed by atoms with E-state index in [1.807, 2.05) is 13.0 Å². The van der Waals surface area contributed by atoms with E-state index in [2.05, 4.69) is 181 Å². The normalized spacial score (nSPS) is 11.9. The molecular weight excluding hydrogens is 687 g/mol. The van der Waals surface area contributed by atoms with Crippen molar-refractivity contribution in [3.63, 3.8) is 0 Å². The van der Waals surface area contributed by atoms with Crippen molar-refractivity contribution >= 4 is 81.1 Å². The second-order valence-electron chi connectivity index (χ2n) is 15.4. The van der Waals surface area contributed by atoms with Crippen LogP contribution in [0.4, 0.5) is 5.69 Å². The Morgan fingerprint density at radius 2 is 0.842 bits per heavy atom. The quantitative estimate of drug-likeness (QED) is 0.126. The minimum absolute atomic E-state index is 0.697. The molecule has 12 rings (SSSR count). The fraction of sp³-hybridized carbons (Fsp3) is 0.0179. The van der Waals surface area contributed by atoms with Crippen molar-refractivity contribution in [2.75, 3.05) is 0 Å². The van der Waals surface area contributed by atoms with Gasteiger partial charge in [-0.3, -0.25) is 0 Å². The molecular formula is C56H33N. The Labute approximate surface area is 330 Å². The molecule has 0 atom stereocenters. The molecule has 0 aliphatic carbocycles. The van der Waals surface area contributed by atoms with Crippen LogP contribution in [-0.4, -0.2) is 0 Å². The SMILES string of the molecule is [C-]#[N+]c1cc(-c2cccc(-c3ccc4c5c(-c6ccccc6)c6cc7c8ccccc8c8cccc(c6c(-c6ccccc6)c5c5cccc3c45)c87)c2)ccc1C. The summed E-state index contributed by atoms with van der Waals surface area (Å²) in [5.74, 6) is 0. The number of benzene rings is 10. The maximum absolute atomic E-state index is 7.72. The van der Waals surface area contributed by atoms with Crippen molar-refractivity contribution in [3.05, 3.63) is 199 Å². The largest absolute Gasteiger partial charge is 0.238 e. The molecule has 262 valence electrons. The number of hydrogen-bond acceptors (Lipinski definition) is 0. The molecule has 0 aliphatic heterocycles. The first-order valence-corrected chi connectivity index (χ1v) is 19.6. The van der Waals surface area contributed by atoms with Gasteiger partial charge in [0.05, 0.1) is 6.57 Å². The monoisotopic (exact) mass is 719 g/mol. The number of nitrogens with zero attached hydrogens (tertiary/aromatic N) is 1. The van der Waals surface area contributed by atoms with Crippen molar-refractivity contribution < 1.29 is 0 Å². The maximum Gasteiger partial charge on any atom is 0.190 e. The molecule has 57 heavy (non-hydrogen) atoms. The van der Waals surface area contributed by atoms with Crippen LogP contribution in [0.25, 0.3) is 125 Å². The van der Waals surface area contributed by atoms with E-state index in [0.717, 1.165) is 22.3 Å². The number of aryl methyl sites for hydroxylation is 1. The van der Waals surface area contributed by atoms with Gasteiger partial charge in [0.2, 0.25) is 0 Å². The molecule has 0 saturated carbocycles. The highest BCUT2D eigenvalue weighted by Gasteiger charge is 2.27. The number of fused-ring (bicyclic) bond motifs is 8. The van der Waals surface area contributed by atoms with Crippen LogP contribution in [0.3, 0.4) is 0 Å². The molecule has 0 aromatic heterocycles. The third-order valence-electron chi connectivity index (χ3n) is 12.5. The Balaban J connectivity index is 1.27. The lowest BCUT2D eigenvalue weighted by atomic mass is 9.84. The maximum atomic E-state index is 7.72. The molecule has 0 heterocycles. The summed E-state index contributed by atoms with van der Waals surface area (Å²) in [4.78, 5) is 3.79. The molecule has 0 saturated heterocycles. The van der Waals surface area contributed by atoms with Crippen LogP contribution in [0.5, 0.6) is 0 Å². The Hall–Kier alpha value is -7.53. The summed E-state index contributed by atoms with van der Waals surface area (Å²) in [7, 11) is 0. The zero-order chi connectivity index (χ0) is 37.8. The topological polar surface area (TPSA) is 4.36 Å². The Bertz CT molecular complexity index is 3630. The van der Waals surface area contributed by atoms with E-state index >= 15 is 0 Å². The van der Waals surface area contributed by atoms with Gasteiger partial charge in [-0.2, -0.15) is 0 Å². The van der Waals surface area contributed by atoms with E-state index in [4.69, 9.17) is 6.57 Å². The summed E-state index contributed by atoms with van der Waals surface area (Å²) in [6, 6.07) is 67.0. The van der Waals surface area contributed by atoms with Gasteiger partial charge in [-0.25, -0.2) is 4.85 Å². The Kier molecular flexibility index (Phi) is 6.68. The van der Waals surface area contributed by atoms with Crippen LogP contribution in [-0.2, 0) is 0 Å². The number of rotatable bonds is 4. The van der Waals surface area contributed by atoms with Crippen molar-refractivity contribution in [1.29, 1.82) is 0 Å². The summed E-state index contributed by atoms with van der Waals surface area (Å²) in [6.45, 7) is 9.72. The van der Waals surface area contributed by atoms with Crippen molar-refractivity contribution in [1.82, 2.24) is 0 Å². The molecule has 0 amide bonds. The zero-order valence-corrected chi connectivity index (χ0v) is 31.3. The van der Waals surface area contributed by atoms with E-state index in [1.165, 1.54) is 103 Å². The van der Waals surface area contributed by atoms with Crippen LogP contribution in [0.1, 0.15) is 5.56 Å². The van der Waals surface area contributed by atoms with Crippen LogP contribution >= 0.6 is 0 Å². The average molecular weight is 720 g/mol. The van der Waals surface area contributed by atoms with Gasteiger partial charge in [-0.05, 0) is 151 Å². The van der Waals surface area contributed by atoms with Gasteiger partial charge in [0, 0.05) is 0 Å². The molecule has 0 unspecified atom stereocenters. The fourth-order valence-corrected chi connectivity index (χ4v) is 10.0. The predicted molar refractivity (Wildman–Crippen MR) is 244 cm³/mol. The van der Waals surface area contributed by atoms with Crippen molar-refractivity contribution in [2.45, 2.75) is 6.92 Å². The summed E-state index contributed by atoms with van der Waals surface area (Å²) in [5.41, 5.74) is 11.3. The molecule has 0 spiro atoms. The van der Waals surface area contributed by atoms with Gasteiger partial charge in [-0.1, -0.05) is 164 Å². The van der Waals surface area contributed by atoms with E-state index in [1.54, 1.807) is 0 Å². The summed E-state index contributed by atoms with van der Waals surface area (Å²) >= 11 is 0. The predicted octanol–water partition coefficient (Wildman–Crippen LogP) is 16.2. The third kappa shape index (κ3) is 4.44. The first kappa shape index (κ1) is 31.8. The molecule has 1 heteroatoms. The van der Waals surface area contributed by atoms with E-state index in [-0.39, 0.29) is 0 Å². The lowest BCUT2D eigenvalue weighted by Crippen LogP contribution is -1.91. The molecule has 0 bridgehead atoms. The van der Waals surface area contributed by atoms with Crippen LogP contribution in [0.15, 0.2) is 182 Å². The highest BCUT2D eigenvalue weighted by molar-refractivity contribution is 6.45. The highest BCUT2D eigenvalue weighted by atomic mass is 14.6. The Morgan fingerprint density at radius 3 is 1.60 bits per heavy atom. The van der Waals surface area contributed by atoms with Crippen LogP contribution < -0.4 is 0 Å². The standard InChI is InChI=1S/C56H33N/c1-33-26-27-37(31-49(33)57-2)36-18-11-19-38(30-36)39-28-29-46-52-42(39)22-12-25-45(52)56-51(35-16-7-4-8-17-35)54-44-24-13-23-43-40-20-9-10-21-41(40)47(53(43)44)32-48(54)50(55(46)56)34-14-5-3-6-15-34/h3-32H,1H3. The van der Waals surface area contributed by atoms with Gasteiger partial charge in [-0.15, -0.1) is 0 Å². The highest BCUT2D eigenvalue weighted by Crippen LogP contribution is 2.55. The summed E-state index contributed by atoms with van der Waals surface area (Å²) in [6.07, 6.45) is 0. The van der Waals surface area contributed by atoms with Gasteiger partial charge >= 0.3 is 0 Å². The minimum atomic E-state index is 0.697. The van der Waals surface area contributed by atoms with Gasteiger partial charge in [0.15, 0.2) is 5.69 Å². The van der Waals surface area contributed by atoms with Crippen molar-refractivity contribution in [2.24, 2.45) is 0 Å². The van der Waals surface area contributed by atoms with E-state index in [0.29, 0.717) is 5.69 Å². The minimum Gasteiger partial charge on any atom is -0.238 e. The molecule has 0 aliphatic rings. The first-order chi connectivity index (χ1) is 28.2. The van der Waals surface area contributed by atoms with Crippen LogP contribution in [0.2, 0.25) is 0 Å². The van der Waals surface area contributed by atoms with Gasteiger partial charge in [0.25, 0.3) is 0 Å². The molecule has 0 fully saturated rings. The summed E-state index contributed by atoms with van der Waals surface area (Å²) in [5, 5.41) is 18.2. The van der Waals surface area contributed by atoms with Crippen LogP contribution in [0, 0.1) is 13.5 Å². The molecule has 0 radical (unpaired) electrons. The Morgan fingerprint density at radius 1 is 0.316 bits per heavy atom. The fourth-order valence-electron chi connectivity index (χ4n) is 10.0. The molecule has 0 N–H and O–H groups in total. The zero-order valence-electron chi connectivity index (χ0n) is 31.3. The molecule has 1 nitrogen and oxygen atoms in total. The second-order valence-corrected chi connectivity index (χ2v) is 15.4. The first-order valence-electron chi connectivity index (χ1n) is 19.6. The molecule has 12 aromatic carbocycles. The van der Waals surface area contributed by atoms with Gasteiger partial charge in [0.1, 0.15) is 0 Å². The average Bonchev–Trinajstić information content (AvgIpc) is 3.78.